The van der Waals surface area contributed by atoms with E-state index < -0.39 is 11.9 Å². The summed E-state index contributed by atoms with van der Waals surface area (Å²) in [4.78, 5) is 21.7. The summed E-state index contributed by atoms with van der Waals surface area (Å²) in [6.45, 7) is 5.00. The Morgan fingerprint density at radius 2 is 1.62 bits per heavy atom. The zero-order chi connectivity index (χ0) is 10.6. The van der Waals surface area contributed by atoms with Crippen molar-refractivity contribution < 1.29 is 19.4 Å². The molecule has 0 amide bonds. The Kier molecular flexibility index (Phi) is 4.45. The highest BCUT2D eigenvalue weighted by Crippen LogP contribution is 2.21. The Bertz CT molecular complexity index is 200. The van der Waals surface area contributed by atoms with Crippen molar-refractivity contribution in [2.45, 2.75) is 20.8 Å². The van der Waals surface area contributed by atoms with Gasteiger partial charge in [0.15, 0.2) is 0 Å². The molecule has 0 radical (unpaired) electrons. The van der Waals surface area contributed by atoms with Crippen molar-refractivity contribution in [3.63, 3.8) is 0 Å². The van der Waals surface area contributed by atoms with E-state index in [4.69, 9.17) is 5.11 Å². The Morgan fingerprint density at radius 1 is 1.15 bits per heavy atom. The van der Waals surface area contributed by atoms with Crippen LogP contribution in [-0.4, -0.2) is 24.2 Å². The number of carbonyl (C=O) groups is 2. The van der Waals surface area contributed by atoms with Crippen LogP contribution in [0.2, 0.25) is 0 Å². The summed E-state index contributed by atoms with van der Waals surface area (Å²) in [5.74, 6) is -2.38. The van der Waals surface area contributed by atoms with Crippen LogP contribution in [0.25, 0.3) is 0 Å². The lowest BCUT2D eigenvalue weighted by Crippen LogP contribution is -2.29. The number of hydrogen-bond acceptors (Lipinski definition) is 3. The monoisotopic (exact) mass is 188 g/mol. The van der Waals surface area contributed by atoms with E-state index in [1.165, 1.54) is 7.11 Å². The summed E-state index contributed by atoms with van der Waals surface area (Å²) in [6.07, 6.45) is 0. The van der Waals surface area contributed by atoms with Gasteiger partial charge in [-0.05, 0) is 5.92 Å². The van der Waals surface area contributed by atoms with Gasteiger partial charge in [-0.3, -0.25) is 9.59 Å². The minimum Gasteiger partial charge on any atom is -0.481 e. The van der Waals surface area contributed by atoms with Gasteiger partial charge < -0.3 is 9.84 Å². The number of carboxylic acids is 1. The fourth-order valence-corrected chi connectivity index (χ4v) is 1.06. The van der Waals surface area contributed by atoms with Gasteiger partial charge in [-0.25, -0.2) is 0 Å². The number of carbonyl (C=O) groups excluding carboxylic acids is 1. The molecular formula is C9H16O4. The van der Waals surface area contributed by atoms with Gasteiger partial charge in [0.25, 0.3) is 0 Å². The quantitative estimate of drug-likeness (QED) is 0.672. The van der Waals surface area contributed by atoms with E-state index in [0.29, 0.717) is 0 Å². The normalized spacial score (nSPS) is 17.2. The van der Waals surface area contributed by atoms with Crippen molar-refractivity contribution in [3.05, 3.63) is 0 Å². The molecule has 0 unspecified atom stereocenters. The van der Waals surface area contributed by atoms with E-state index in [2.05, 4.69) is 4.74 Å². The third-order valence-electron chi connectivity index (χ3n) is 2.54. The molecule has 4 nitrogen and oxygen atoms in total. The average Bonchev–Trinajstić information content (AvgIpc) is 2.12. The van der Waals surface area contributed by atoms with Crippen molar-refractivity contribution in [2.75, 3.05) is 7.11 Å². The van der Waals surface area contributed by atoms with Gasteiger partial charge in [-0.2, -0.15) is 0 Å². The largest absolute Gasteiger partial charge is 0.481 e. The fourth-order valence-electron chi connectivity index (χ4n) is 1.06. The molecule has 0 fully saturated rings. The van der Waals surface area contributed by atoms with Gasteiger partial charge >= 0.3 is 11.9 Å². The summed E-state index contributed by atoms with van der Waals surface area (Å²) in [5, 5.41) is 8.70. The summed E-state index contributed by atoms with van der Waals surface area (Å²) >= 11 is 0. The first kappa shape index (κ1) is 11.9. The lowest BCUT2D eigenvalue weighted by atomic mass is 9.85. The predicted octanol–water partition coefficient (Wildman–Crippen LogP) is 1.15. The van der Waals surface area contributed by atoms with Crippen LogP contribution in [0.1, 0.15) is 20.8 Å². The summed E-state index contributed by atoms with van der Waals surface area (Å²) in [6, 6.07) is 0. The topological polar surface area (TPSA) is 63.6 Å². The molecule has 0 spiro atoms. The zero-order valence-corrected chi connectivity index (χ0v) is 8.40. The van der Waals surface area contributed by atoms with Crippen LogP contribution in [-0.2, 0) is 14.3 Å². The number of hydrogen-bond donors (Lipinski definition) is 1. The minimum atomic E-state index is -0.886. The number of carboxylic acid groups (broad SMARTS) is 1. The van der Waals surface area contributed by atoms with Gasteiger partial charge in [-0.15, -0.1) is 0 Å². The van der Waals surface area contributed by atoms with Gasteiger partial charge in [0.2, 0.25) is 0 Å². The first-order chi connectivity index (χ1) is 5.91. The van der Waals surface area contributed by atoms with Crippen molar-refractivity contribution in [1.29, 1.82) is 0 Å². The van der Waals surface area contributed by atoms with E-state index >= 15 is 0 Å². The molecule has 0 aliphatic carbocycles. The third-order valence-corrected chi connectivity index (χ3v) is 2.54. The van der Waals surface area contributed by atoms with Gasteiger partial charge in [0.05, 0.1) is 18.9 Å². The lowest BCUT2D eigenvalue weighted by molar-refractivity contribution is -0.150. The SMILES string of the molecule is COC(=O)[C@@H](C)[C@H](C)[C@@H](C)C(=O)O. The van der Waals surface area contributed by atoms with Crippen LogP contribution in [0.4, 0.5) is 0 Å². The van der Waals surface area contributed by atoms with Crippen LogP contribution >= 0.6 is 0 Å². The van der Waals surface area contributed by atoms with E-state index in [-0.39, 0.29) is 17.8 Å². The van der Waals surface area contributed by atoms with Crippen molar-refractivity contribution >= 4 is 11.9 Å². The van der Waals surface area contributed by atoms with Crippen LogP contribution in [0.15, 0.2) is 0 Å². The number of ether oxygens (including phenoxy) is 1. The van der Waals surface area contributed by atoms with E-state index in [1.54, 1.807) is 20.8 Å². The predicted molar refractivity (Wildman–Crippen MR) is 47.1 cm³/mol. The fraction of sp³-hybridized carbons (Fsp3) is 0.778. The van der Waals surface area contributed by atoms with Gasteiger partial charge in [0, 0.05) is 0 Å². The Morgan fingerprint density at radius 3 is 1.92 bits per heavy atom. The second-order valence-corrected chi connectivity index (χ2v) is 3.30. The molecule has 0 aromatic carbocycles. The van der Waals surface area contributed by atoms with Crippen LogP contribution in [0.5, 0.6) is 0 Å². The first-order valence-electron chi connectivity index (χ1n) is 4.22. The Hall–Kier alpha value is -1.06. The molecular weight excluding hydrogens is 172 g/mol. The van der Waals surface area contributed by atoms with Crippen molar-refractivity contribution in [2.24, 2.45) is 17.8 Å². The summed E-state index contributed by atoms with van der Waals surface area (Å²) < 4.78 is 4.53. The van der Waals surface area contributed by atoms with Gasteiger partial charge in [-0.1, -0.05) is 20.8 Å². The van der Waals surface area contributed by atoms with E-state index in [9.17, 15) is 9.59 Å². The number of aliphatic carboxylic acids is 1. The van der Waals surface area contributed by atoms with Crippen molar-refractivity contribution in [1.82, 2.24) is 0 Å². The second kappa shape index (κ2) is 4.84. The zero-order valence-electron chi connectivity index (χ0n) is 8.40. The molecule has 0 saturated heterocycles. The standard InChI is InChI=1S/C9H16O4/c1-5(6(2)8(10)11)7(3)9(12)13-4/h5-7H,1-4H3,(H,10,11)/t5-,6-,7+/m1/s1. The number of esters is 1. The molecule has 13 heavy (non-hydrogen) atoms. The van der Waals surface area contributed by atoms with E-state index in [1.807, 2.05) is 0 Å². The highest BCUT2D eigenvalue weighted by Gasteiger charge is 2.29. The Balaban J connectivity index is 4.32. The average molecular weight is 188 g/mol. The maximum Gasteiger partial charge on any atom is 0.308 e. The van der Waals surface area contributed by atoms with Crippen LogP contribution < -0.4 is 0 Å². The maximum absolute atomic E-state index is 11.1. The molecule has 0 aliphatic heterocycles. The molecule has 0 heterocycles. The molecule has 0 bridgehead atoms. The molecule has 0 rings (SSSR count). The van der Waals surface area contributed by atoms with Crippen LogP contribution in [0.3, 0.4) is 0 Å². The van der Waals surface area contributed by atoms with Crippen LogP contribution in [0, 0.1) is 17.8 Å². The molecule has 4 heteroatoms. The molecule has 1 N–H and O–H groups in total. The smallest absolute Gasteiger partial charge is 0.308 e. The van der Waals surface area contributed by atoms with Gasteiger partial charge in [0.1, 0.15) is 0 Å². The molecule has 0 saturated carbocycles. The molecule has 0 aromatic heterocycles. The molecule has 76 valence electrons. The lowest BCUT2D eigenvalue weighted by Gasteiger charge is -2.20. The van der Waals surface area contributed by atoms with Crippen molar-refractivity contribution in [3.8, 4) is 0 Å². The molecule has 0 aliphatic rings. The molecule has 3 atom stereocenters. The Labute approximate surface area is 77.9 Å². The summed E-state index contributed by atoms with van der Waals surface area (Å²) in [7, 11) is 1.30. The molecule has 0 aromatic rings. The third kappa shape index (κ3) is 3.05. The second-order valence-electron chi connectivity index (χ2n) is 3.30. The minimum absolute atomic E-state index is 0.218. The number of rotatable bonds is 4. The summed E-state index contributed by atoms with van der Waals surface area (Å²) in [5.41, 5.74) is 0. The van der Waals surface area contributed by atoms with E-state index in [0.717, 1.165) is 0 Å². The first-order valence-corrected chi connectivity index (χ1v) is 4.22. The highest BCUT2D eigenvalue weighted by molar-refractivity contribution is 5.75. The number of methoxy groups -OCH3 is 1. The highest BCUT2D eigenvalue weighted by atomic mass is 16.5. The maximum atomic E-state index is 11.1.